The first-order valence-electron chi connectivity index (χ1n) is 11.6. The zero-order chi connectivity index (χ0) is 21.6. The van der Waals surface area contributed by atoms with E-state index < -0.39 is 0 Å². The molecular formula is C26H33N3O2. The third-order valence-electron chi connectivity index (χ3n) is 6.62. The lowest BCUT2D eigenvalue weighted by Crippen LogP contribution is -2.50. The van der Waals surface area contributed by atoms with Crippen molar-refractivity contribution in [2.45, 2.75) is 45.2 Å². The molecule has 1 saturated heterocycles. The number of hydrogen-bond donors (Lipinski definition) is 0. The van der Waals surface area contributed by atoms with Crippen molar-refractivity contribution in [3.8, 4) is 0 Å². The maximum atomic E-state index is 13.1. The molecule has 0 unspecified atom stereocenters. The van der Waals surface area contributed by atoms with Crippen molar-refractivity contribution < 1.29 is 9.59 Å². The lowest BCUT2D eigenvalue weighted by molar-refractivity contribution is -0.134. The standard InChI is InChI=1S/C26H33N3O2/c1-2-15-28(20-25(30)29-16-12-21-8-6-7-11-23(21)19-29)24-13-17-27(18-14-24)26(31)22-9-4-3-5-10-22/h3-11,24H,2,12-20H2,1H3. The average molecular weight is 420 g/mol. The van der Waals surface area contributed by atoms with Gasteiger partial charge in [-0.1, -0.05) is 49.4 Å². The minimum atomic E-state index is 0.115. The fourth-order valence-electron chi connectivity index (χ4n) is 4.86. The van der Waals surface area contributed by atoms with Crippen LogP contribution in [0.3, 0.4) is 0 Å². The van der Waals surface area contributed by atoms with Crippen molar-refractivity contribution in [2.75, 3.05) is 32.7 Å². The molecule has 0 N–H and O–H groups in total. The van der Waals surface area contributed by atoms with Crippen LogP contribution in [0.4, 0.5) is 0 Å². The number of likely N-dealkylation sites (tertiary alicyclic amines) is 1. The Kier molecular flexibility index (Phi) is 7.03. The van der Waals surface area contributed by atoms with Crippen LogP contribution in [0.2, 0.25) is 0 Å². The molecule has 164 valence electrons. The molecule has 2 heterocycles. The Morgan fingerprint density at radius 2 is 1.58 bits per heavy atom. The molecule has 2 aromatic rings. The molecule has 0 radical (unpaired) electrons. The smallest absolute Gasteiger partial charge is 0.253 e. The lowest BCUT2D eigenvalue weighted by atomic mass is 9.99. The van der Waals surface area contributed by atoms with E-state index in [1.54, 1.807) is 0 Å². The summed E-state index contributed by atoms with van der Waals surface area (Å²) in [6, 6.07) is 18.3. The molecular weight excluding hydrogens is 386 g/mol. The maximum Gasteiger partial charge on any atom is 0.253 e. The summed E-state index contributed by atoms with van der Waals surface area (Å²) in [5.41, 5.74) is 3.40. The Morgan fingerprint density at radius 1 is 0.903 bits per heavy atom. The number of piperidine rings is 1. The van der Waals surface area contributed by atoms with Crippen molar-refractivity contribution in [1.82, 2.24) is 14.7 Å². The largest absolute Gasteiger partial charge is 0.339 e. The van der Waals surface area contributed by atoms with Gasteiger partial charge >= 0.3 is 0 Å². The normalized spacial score (nSPS) is 17.0. The van der Waals surface area contributed by atoms with Gasteiger partial charge in [-0.25, -0.2) is 0 Å². The second-order valence-corrected chi connectivity index (χ2v) is 8.69. The van der Waals surface area contributed by atoms with Crippen molar-refractivity contribution >= 4 is 11.8 Å². The van der Waals surface area contributed by atoms with E-state index >= 15 is 0 Å². The highest BCUT2D eigenvalue weighted by molar-refractivity contribution is 5.94. The van der Waals surface area contributed by atoms with Gasteiger partial charge in [0.1, 0.15) is 0 Å². The van der Waals surface area contributed by atoms with Crippen LogP contribution in [0.15, 0.2) is 54.6 Å². The molecule has 2 amide bonds. The summed E-state index contributed by atoms with van der Waals surface area (Å²) in [7, 11) is 0. The fraction of sp³-hybridized carbons (Fsp3) is 0.462. The summed E-state index contributed by atoms with van der Waals surface area (Å²) in [6.45, 7) is 6.61. The third-order valence-corrected chi connectivity index (χ3v) is 6.62. The highest BCUT2D eigenvalue weighted by Gasteiger charge is 2.29. The van der Waals surface area contributed by atoms with Crippen molar-refractivity contribution in [3.05, 3.63) is 71.3 Å². The van der Waals surface area contributed by atoms with E-state index in [1.807, 2.05) is 40.1 Å². The van der Waals surface area contributed by atoms with Gasteiger partial charge in [0.15, 0.2) is 0 Å². The Labute approximate surface area is 185 Å². The number of fused-ring (bicyclic) bond motifs is 1. The number of carbonyl (C=O) groups is 2. The monoisotopic (exact) mass is 419 g/mol. The second kappa shape index (κ2) is 10.1. The molecule has 2 aliphatic rings. The molecule has 5 nitrogen and oxygen atoms in total. The predicted octanol–water partition coefficient (Wildman–Crippen LogP) is 3.59. The van der Waals surface area contributed by atoms with Gasteiger partial charge in [-0.3, -0.25) is 14.5 Å². The molecule has 4 rings (SSSR count). The summed E-state index contributed by atoms with van der Waals surface area (Å²) in [4.78, 5) is 32.2. The van der Waals surface area contributed by atoms with Crippen molar-refractivity contribution in [3.63, 3.8) is 0 Å². The highest BCUT2D eigenvalue weighted by Crippen LogP contribution is 2.21. The number of rotatable bonds is 6. The topological polar surface area (TPSA) is 43.9 Å². The molecule has 0 aliphatic carbocycles. The quantitative estimate of drug-likeness (QED) is 0.719. The van der Waals surface area contributed by atoms with Gasteiger partial charge in [-0.15, -0.1) is 0 Å². The number of amides is 2. The summed E-state index contributed by atoms with van der Waals surface area (Å²) in [5.74, 6) is 0.342. The van der Waals surface area contributed by atoms with Crippen LogP contribution in [0.5, 0.6) is 0 Å². The summed E-state index contributed by atoms with van der Waals surface area (Å²) < 4.78 is 0. The zero-order valence-electron chi connectivity index (χ0n) is 18.5. The lowest BCUT2D eigenvalue weighted by Gasteiger charge is -2.39. The Bertz CT molecular complexity index is 891. The molecule has 0 aromatic heterocycles. The maximum absolute atomic E-state index is 13.1. The molecule has 1 fully saturated rings. The van der Waals surface area contributed by atoms with E-state index in [1.165, 1.54) is 11.1 Å². The first-order chi connectivity index (χ1) is 15.2. The van der Waals surface area contributed by atoms with E-state index in [0.29, 0.717) is 12.6 Å². The first-order valence-corrected chi connectivity index (χ1v) is 11.6. The van der Waals surface area contributed by atoms with Gasteiger partial charge in [0.25, 0.3) is 5.91 Å². The zero-order valence-corrected chi connectivity index (χ0v) is 18.5. The van der Waals surface area contributed by atoms with Gasteiger partial charge in [-0.05, 0) is 55.5 Å². The van der Waals surface area contributed by atoms with Crippen molar-refractivity contribution in [2.24, 2.45) is 0 Å². The van der Waals surface area contributed by atoms with Crippen LogP contribution >= 0.6 is 0 Å². The van der Waals surface area contributed by atoms with E-state index in [-0.39, 0.29) is 11.8 Å². The van der Waals surface area contributed by atoms with Crippen LogP contribution in [0.25, 0.3) is 0 Å². The third kappa shape index (κ3) is 5.16. The van der Waals surface area contributed by atoms with E-state index in [0.717, 1.165) is 64.0 Å². The van der Waals surface area contributed by atoms with Crippen molar-refractivity contribution in [1.29, 1.82) is 0 Å². The Morgan fingerprint density at radius 3 is 2.29 bits per heavy atom. The van der Waals surface area contributed by atoms with Crippen LogP contribution in [-0.2, 0) is 17.8 Å². The predicted molar refractivity (Wildman–Crippen MR) is 123 cm³/mol. The van der Waals surface area contributed by atoms with Crippen LogP contribution in [0, 0.1) is 0 Å². The molecule has 0 bridgehead atoms. The molecule has 2 aromatic carbocycles. The van der Waals surface area contributed by atoms with Crippen LogP contribution in [0.1, 0.15) is 47.7 Å². The Hall–Kier alpha value is -2.66. The summed E-state index contributed by atoms with van der Waals surface area (Å²) in [5, 5.41) is 0. The molecule has 0 spiro atoms. The molecule has 0 atom stereocenters. The van der Waals surface area contributed by atoms with Crippen LogP contribution in [-0.4, -0.2) is 65.3 Å². The number of benzene rings is 2. The minimum absolute atomic E-state index is 0.115. The van der Waals surface area contributed by atoms with Gasteiger partial charge in [-0.2, -0.15) is 0 Å². The van der Waals surface area contributed by atoms with E-state index in [4.69, 9.17) is 0 Å². The summed E-state index contributed by atoms with van der Waals surface area (Å²) in [6.07, 6.45) is 3.82. The van der Waals surface area contributed by atoms with Gasteiger partial charge in [0, 0.05) is 37.8 Å². The SMILES string of the molecule is CCCN(CC(=O)N1CCc2ccccc2C1)C1CCN(C(=O)c2ccccc2)CC1. The molecule has 5 heteroatoms. The number of nitrogens with zero attached hydrogens (tertiary/aromatic N) is 3. The van der Waals surface area contributed by atoms with E-state index in [9.17, 15) is 9.59 Å². The van der Waals surface area contributed by atoms with E-state index in [2.05, 4.69) is 36.1 Å². The molecule has 0 saturated carbocycles. The van der Waals surface area contributed by atoms with Gasteiger partial charge in [0.05, 0.1) is 6.54 Å². The molecule has 31 heavy (non-hydrogen) atoms. The number of carbonyl (C=O) groups excluding carboxylic acids is 2. The summed E-state index contributed by atoms with van der Waals surface area (Å²) >= 11 is 0. The first kappa shape index (κ1) is 21.6. The average Bonchev–Trinajstić information content (AvgIpc) is 2.83. The second-order valence-electron chi connectivity index (χ2n) is 8.69. The Balaban J connectivity index is 1.33. The highest BCUT2D eigenvalue weighted by atomic mass is 16.2. The van der Waals surface area contributed by atoms with Gasteiger partial charge in [0.2, 0.25) is 5.91 Å². The number of hydrogen-bond acceptors (Lipinski definition) is 3. The minimum Gasteiger partial charge on any atom is -0.339 e. The molecule has 2 aliphatic heterocycles. The van der Waals surface area contributed by atoms with Gasteiger partial charge < -0.3 is 9.80 Å². The fourth-order valence-corrected chi connectivity index (χ4v) is 4.86. The van der Waals surface area contributed by atoms with Crippen LogP contribution < -0.4 is 0 Å².